The van der Waals surface area contributed by atoms with Crippen LogP contribution in [0.5, 0.6) is 0 Å². The molecular weight excluding hydrogens is 376 g/mol. The van der Waals surface area contributed by atoms with Crippen LogP contribution >= 0.6 is 11.6 Å². The molecule has 10 heteroatoms. The Bertz CT molecular complexity index is 851. The van der Waals surface area contributed by atoms with E-state index in [0.717, 1.165) is 5.06 Å². The minimum atomic E-state index is -1.46. The number of carbonyl (C=O) groups excluding carboxylic acids is 1. The topological polar surface area (TPSA) is 98.9 Å². The van der Waals surface area contributed by atoms with Crippen molar-refractivity contribution in [2.24, 2.45) is 0 Å². The van der Waals surface area contributed by atoms with E-state index in [0.29, 0.717) is 22.6 Å². The van der Waals surface area contributed by atoms with Gasteiger partial charge in [0.1, 0.15) is 29.0 Å². The molecule has 2 aromatic rings. The van der Waals surface area contributed by atoms with Crippen LogP contribution in [-0.4, -0.2) is 62.3 Å². The molecule has 0 aromatic carbocycles. The number of hydroxylamine groups is 2. The first-order valence-electron chi connectivity index (χ1n) is 8.42. The number of fused-ring (bicyclic) bond motifs is 1. The summed E-state index contributed by atoms with van der Waals surface area (Å²) in [5.41, 5.74) is -0.515. The smallest absolute Gasteiger partial charge is 0.278 e. The fourth-order valence-electron chi connectivity index (χ4n) is 3.38. The second kappa shape index (κ2) is 6.99. The molecule has 148 valence electrons. The Hall–Kier alpha value is -1.78. The molecule has 1 aliphatic heterocycles. The predicted molar refractivity (Wildman–Crippen MR) is 96.6 cm³/mol. The number of aliphatic hydroxyl groups is 1. The van der Waals surface area contributed by atoms with Crippen molar-refractivity contribution in [2.45, 2.75) is 50.9 Å². The normalized spacial score (nSPS) is 25.9. The van der Waals surface area contributed by atoms with Crippen LogP contribution in [0.2, 0.25) is 5.15 Å². The van der Waals surface area contributed by atoms with Crippen molar-refractivity contribution < 1.29 is 24.2 Å². The molecule has 1 fully saturated rings. The first kappa shape index (κ1) is 20.0. The van der Waals surface area contributed by atoms with E-state index in [1.54, 1.807) is 23.8 Å². The molecule has 0 aliphatic carbocycles. The van der Waals surface area contributed by atoms with Crippen LogP contribution in [0.15, 0.2) is 18.6 Å². The van der Waals surface area contributed by atoms with Crippen molar-refractivity contribution in [1.82, 2.24) is 19.6 Å². The molecule has 0 saturated carbocycles. The van der Waals surface area contributed by atoms with E-state index in [1.165, 1.54) is 34.3 Å². The molecule has 1 aliphatic rings. The van der Waals surface area contributed by atoms with Gasteiger partial charge in [-0.3, -0.25) is 9.63 Å². The van der Waals surface area contributed by atoms with Gasteiger partial charge in [-0.1, -0.05) is 11.6 Å². The summed E-state index contributed by atoms with van der Waals surface area (Å²) in [5, 5.41) is 12.3. The monoisotopic (exact) mass is 398 g/mol. The summed E-state index contributed by atoms with van der Waals surface area (Å²) in [6.07, 6.45) is 1.89. The van der Waals surface area contributed by atoms with Gasteiger partial charge in [-0.2, -0.15) is 0 Å². The van der Waals surface area contributed by atoms with Gasteiger partial charge in [-0.15, -0.1) is 0 Å². The van der Waals surface area contributed by atoms with Crippen LogP contribution in [0.4, 0.5) is 0 Å². The lowest BCUT2D eigenvalue weighted by atomic mass is 9.95. The standard InChI is InChI=1S/C17H23ClN4O5/c1-16(2,24)27-17(3)8-11(26-12(17)15(23)21(4)25-5)22-7-6-10-13(18)19-9-20-14(10)22/h6-7,9,11-12,24H,8H2,1-5H3. The third-order valence-corrected chi connectivity index (χ3v) is 4.79. The number of hydrogen-bond acceptors (Lipinski definition) is 7. The number of likely N-dealkylation sites (N-methyl/N-ethyl adjacent to an activating group) is 1. The average molecular weight is 399 g/mol. The second-order valence-electron chi connectivity index (χ2n) is 7.18. The number of rotatable bonds is 5. The first-order chi connectivity index (χ1) is 12.6. The molecule has 3 unspecified atom stereocenters. The summed E-state index contributed by atoms with van der Waals surface area (Å²) in [4.78, 5) is 26.0. The molecule has 0 radical (unpaired) electrons. The van der Waals surface area contributed by atoms with Crippen molar-refractivity contribution in [3.05, 3.63) is 23.7 Å². The number of ether oxygens (including phenoxy) is 2. The number of amides is 1. The summed E-state index contributed by atoms with van der Waals surface area (Å²) in [7, 11) is 2.87. The molecule has 9 nitrogen and oxygen atoms in total. The minimum absolute atomic E-state index is 0.302. The van der Waals surface area contributed by atoms with Crippen molar-refractivity contribution in [3.63, 3.8) is 0 Å². The quantitative estimate of drug-likeness (QED) is 0.466. The third-order valence-electron chi connectivity index (χ3n) is 4.49. The van der Waals surface area contributed by atoms with E-state index in [9.17, 15) is 9.90 Å². The number of nitrogens with zero attached hydrogens (tertiary/aromatic N) is 4. The Morgan fingerprint density at radius 1 is 1.52 bits per heavy atom. The predicted octanol–water partition coefficient (Wildman–Crippen LogP) is 1.90. The zero-order valence-electron chi connectivity index (χ0n) is 15.8. The van der Waals surface area contributed by atoms with Crippen molar-refractivity contribution >= 4 is 28.5 Å². The van der Waals surface area contributed by atoms with Gasteiger partial charge in [-0.05, 0) is 26.8 Å². The maximum atomic E-state index is 12.8. The Labute approximate surface area is 161 Å². The molecule has 3 rings (SSSR count). The van der Waals surface area contributed by atoms with Crippen molar-refractivity contribution in [2.75, 3.05) is 14.2 Å². The Morgan fingerprint density at radius 2 is 2.22 bits per heavy atom. The van der Waals surface area contributed by atoms with Crippen LogP contribution in [0, 0.1) is 0 Å². The van der Waals surface area contributed by atoms with Crippen LogP contribution in [0.25, 0.3) is 11.0 Å². The van der Waals surface area contributed by atoms with E-state index >= 15 is 0 Å². The molecule has 0 bridgehead atoms. The molecule has 0 spiro atoms. The maximum absolute atomic E-state index is 12.8. The summed E-state index contributed by atoms with van der Waals surface area (Å²) in [5.74, 6) is -1.88. The molecule has 1 N–H and O–H groups in total. The summed E-state index contributed by atoms with van der Waals surface area (Å²) < 4.78 is 13.7. The van der Waals surface area contributed by atoms with Crippen molar-refractivity contribution in [1.29, 1.82) is 0 Å². The van der Waals surface area contributed by atoms with Crippen molar-refractivity contribution in [3.8, 4) is 0 Å². The third kappa shape index (κ3) is 3.78. The Balaban J connectivity index is 1.99. The fourth-order valence-corrected chi connectivity index (χ4v) is 3.57. The molecule has 3 atom stereocenters. The largest absolute Gasteiger partial charge is 0.366 e. The zero-order chi connectivity index (χ0) is 20.0. The molecule has 2 aromatic heterocycles. The van der Waals surface area contributed by atoms with Gasteiger partial charge in [0.2, 0.25) is 0 Å². The highest BCUT2D eigenvalue weighted by atomic mass is 35.5. The van der Waals surface area contributed by atoms with Crippen LogP contribution in [0.1, 0.15) is 33.4 Å². The number of hydrogen-bond donors (Lipinski definition) is 1. The SMILES string of the molecule is CON(C)C(=O)C1OC(n2ccc3c(Cl)ncnc32)CC1(C)OC(C)(C)O. The highest BCUT2D eigenvalue weighted by Gasteiger charge is 2.54. The van der Waals surface area contributed by atoms with Crippen LogP contribution in [-0.2, 0) is 19.1 Å². The molecule has 3 heterocycles. The summed E-state index contributed by atoms with van der Waals surface area (Å²) in [6, 6.07) is 1.78. The minimum Gasteiger partial charge on any atom is -0.366 e. The molecule has 1 saturated heterocycles. The van der Waals surface area contributed by atoms with E-state index in [4.69, 9.17) is 25.9 Å². The van der Waals surface area contributed by atoms with E-state index in [-0.39, 0.29) is 0 Å². The highest BCUT2D eigenvalue weighted by Crippen LogP contribution is 2.43. The average Bonchev–Trinajstić information content (AvgIpc) is 3.13. The van der Waals surface area contributed by atoms with Gasteiger partial charge in [-0.25, -0.2) is 15.0 Å². The number of halogens is 1. The lowest BCUT2D eigenvalue weighted by Gasteiger charge is -2.35. The lowest BCUT2D eigenvalue weighted by Crippen LogP contribution is -2.51. The van der Waals surface area contributed by atoms with E-state index in [2.05, 4.69) is 9.97 Å². The van der Waals surface area contributed by atoms with E-state index in [1.807, 2.05) is 0 Å². The number of aromatic nitrogens is 3. The van der Waals surface area contributed by atoms with Gasteiger partial charge in [0, 0.05) is 19.7 Å². The highest BCUT2D eigenvalue weighted by molar-refractivity contribution is 6.33. The molecule has 27 heavy (non-hydrogen) atoms. The van der Waals surface area contributed by atoms with Crippen LogP contribution in [0.3, 0.4) is 0 Å². The Morgan fingerprint density at radius 3 is 2.85 bits per heavy atom. The Kier molecular flexibility index (Phi) is 5.17. The molecular formula is C17H23ClN4O5. The maximum Gasteiger partial charge on any atom is 0.278 e. The van der Waals surface area contributed by atoms with E-state index < -0.39 is 29.6 Å². The first-order valence-corrected chi connectivity index (χ1v) is 8.80. The lowest BCUT2D eigenvalue weighted by molar-refractivity contribution is -0.255. The van der Waals surface area contributed by atoms with Gasteiger partial charge in [0.15, 0.2) is 11.9 Å². The summed E-state index contributed by atoms with van der Waals surface area (Å²) >= 11 is 6.12. The van der Waals surface area contributed by atoms with Gasteiger partial charge in [0.25, 0.3) is 5.91 Å². The van der Waals surface area contributed by atoms with Gasteiger partial charge in [0.05, 0.1) is 12.5 Å². The molecule has 1 amide bonds. The number of carbonyl (C=O) groups is 1. The summed E-state index contributed by atoms with van der Waals surface area (Å²) in [6.45, 7) is 4.74. The van der Waals surface area contributed by atoms with Gasteiger partial charge < -0.3 is 19.1 Å². The van der Waals surface area contributed by atoms with Crippen LogP contribution < -0.4 is 0 Å². The fraction of sp³-hybridized carbons (Fsp3) is 0.588. The van der Waals surface area contributed by atoms with Gasteiger partial charge >= 0.3 is 0 Å². The second-order valence-corrected chi connectivity index (χ2v) is 7.54. The zero-order valence-corrected chi connectivity index (χ0v) is 16.6.